The van der Waals surface area contributed by atoms with E-state index in [-0.39, 0.29) is 11.5 Å². The Morgan fingerprint density at radius 2 is 1.73 bits per heavy atom. The molecule has 2 heterocycles. The molecule has 3 rings (SSSR count). The summed E-state index contributed by atoms with van der Waals surface area (Å²) in [6, 6.07) is 9.14. The van der Waals surface area contributed by atoms with Crippen LogP contribution in [0, 0.1) is 5.92 Å². The van der Waals surface area contributed by atoms with Gasteiger partial charge in [-0.3, -0.25) is 14.5 Å². The minimum atomic E-state index is -1.10. The number of hydrogen-bond donors (Lipinski definition) is 3. The topological polar surface area (TPSA) is 135 Å². The van der Waals surface area contributed by atoms with Crippen LogP contribution in [0.4, 0.5) is 10.5 Å². The Labute approximate surface area is 191 Å². The molecular formula is C23H27N5O5. The number of carboxylic acids is 1. The third-order valence-electron chi connectivity index (χ3n) is 4.69. The van der Waals surface area contributed by atoms with E-state index < -0.39 is 29.6 Å². The highest BCUT2D eigenvalue weighted by molar-refractivity contribution is 6.01. The Balaban J connectivity index is 1.84. The molecule has 3 N–H and O–H groups in total. The Kier molecular flexibility index (Phi) is 6.66. The van der Waals surface area contributed by atoms with E-state index in [0.717, 1.165) is 0 Å². The normalized spacial score (nSPS) is 12.4. The van der Waals surface area contributed by atoms with Crippen molar-refractivity contribution in [2.45, 2.75) is 46.3 Å². The van der Waals surface area contributed by atoms with Crippen molar-refractivity contribution in [1.82, 2.24) is 19.9 Å². The van der Waals surface area contributed by atoms with Crippen molar-refractivity contribution in [3.05, 3.63) is 48.2 Å². The Bertz CT molecular complexity index is 1180. The lowest BCUT2D eigenvalue weighted by atomic mass is 10.0. The molecule has 1 atom stereocenters. The van der Waals surface area contributed by atoms with Gasteiger partial charge in [-0.25, -0.2) is 9.59 Å². The van der Waals surface area contributed by atoms with Gasteiger partial charge in [-0.2, -0.15) is 0 Å². The van der Waals surface area contributed by atoms with E-state index in [0.29, 0.717) is 22.7 Å². The number of aliphatic carboxylic acids is 1. The summed E-state index contributed by atoms with van der Waals surface area (Å²) in [7, 11) is 0. The largest absolute Gasteiger partial charge is 0.480 e. The zero-order chi connectivity index (χ0) is 24.3. The van der Waals surface area contributed by atoms with Crippen LogP contribution in [0.25, 0.3) is 17.0 Å². The highest BCUT2D eigenvalue weighted by Crippen LogP contribution is 2.22. The Morgan fingerprint density at radius 1 is 1.06 bits per heavy atom. The molecule has 2 aromatic heterocycles. The number of nitrogens with zero attached hydrogens (tertiary/aromatic N) is 3. The molecule has 0 fully saturated rings. The molecule has 0 aliphatic rings. The minimum Gasteiger partial charge on any atom is -0.480 e. The van der Waals surface area contributed by atoms with Gasteiger partial charge in [0.15, 0.2) is 11.5 Å². The van der Waals surface area contributed by atoms with Gasteiger partial charge in [0.2, 0.25) is 0 Å². The summed E-state index contributed by atoms with van der Waals surface area (Å²) in [6.07, 6.45) is 1.16. The SMILES string of the molecule is CC(C)C(NC(=O)c1cccn2c(-c3ccc(NC(=O)OC(C)(C)C)cc3)nnc12)C(=O)O. The number of hydrogen-bond acceptors (Lipinski definition) is 6. The number of carbonyl (C=O) groups is 3. The first-order chi connectivity index (χ1) is 15.5. The van der Waals surface area contributed by atoms with Crippen molar-refractivity contribution in [1.29, 1.82) is 0 Å². The Hall–Kier alpha value is -3.95. The van der Waals surface area contributed by atoms with Crippen molar-refractivity contribution in [2.75, 3.05) is 5.32 Å². The number of nitrogens with one attached hydrogen (secondary N) is 2. The minimum absolute atomic E-state index is 0.214. The van der Waals surface area contributed by atoms with Crippen LogP contribution in [0.5, 0.6) is 0 Å². The zero-order valence-electron chi connectivity index (χ0n) is 19.1. The molecule has 0 bridgehead atoms. The van der Waals surface area contributed by atoms with Crippen LogP contribution in [0.3, 0.4) is 0 Å². The number of benzene rings is 1. The summed E-state index contributed by atoms with van der Waals surface area (Å²) >= 11 is 0. The number of rotatable bonds is 6. The third-order valence-corrected chi connectivity index (χ3v) is 4.69. The number of ether oxygens (including phenoxy) is 1. The van der Waals surface area contributed by atoms with E-state index in [4.69, 9.17) is 4.74 Å². The van der Waals surface area contributed by atoms with Gasteiger partial charge in [-0.1, -0.05) is 13.8 Å². The van der Waals surface area contributed by atoms with Crippen molar-refractivity contribution in [3.8, 4) is 11.4 Å². The quantitative estimate of drug-likeness (QED) is 0.519. The van der Waals surface area contributed by atoms with Crippen molar-refractivity contribution in [2.24, 2.45) is 5.92 Å². The van der Waals surface area contributed by atoms with Crippen LogP contribution in [0.2, 0.25) is 0 Å². The first-order valence-electron chi connectivity index (χ1n) is 10.4. The van der Waals surface area contributed by atoms with Crippen molar-refractivity contribution >= 4 is 29.3 Å². The fourth-order valence-electron chi connectivity index (χ4n) is 3.15. The van der Waals surface area contributed by atoms with Crippen LogP contribution < -0.4 is 10.6 Å². The molecule has 0 spiro atoms. The first-order valence-corrected chi connectivity index (χ1v) is 10.4. The van der Waals surface area contributed by atoms with Gasteiger partial charge < -0.3 is 15.2 Å². The summed E-state index contributed by atoms with van der Waals surface area (Å²) in [5.41, 5.74) is 1.17. The van der Waals surface area contributed by atoms with Crippen LogP contribution in [-0.2, 0) is 9.53 Å². The van der Waals surface area contributed by atoms with Crippen molar-refractivity contribution < 1.29 is 24.2 Å². The average molecular weight is 453 g/mol. The molecular weight excluding hydrogens is 426 g/mol. The maximum atomic E-state index is 12.8. The van der Waals surface area contributed by atoms with Gasteiger partial charge in [-0.15, -0.1) is 10.2 Å². The number of carboxylic acid groups (broad SMARTS) is 1. The van der Waals surface area contributed by atoms with Crippen molar-refractivity contribution in [3.63, 3.8) is 0 Å². The summed E-state index contributed by atoms with van der Waals surface area (Å²) < 4.78 is 6.89. The van der Waals surface area contributed by atoms with Gasteiger partial charge >= 0.3 is 12.1 Å². The fourth-order valence-corrected chi connectivity index (χ4v) is 3.15. The number of anilines is 1. The molecule has 33 heavy (non-hydrogen) atoms. The second-order valence-electron chi connectivity index (χ2n) is 8.88. The second kappa shape index (κ2) is 9.27. The fraction of sp³-hybridized carbons (Fsp3) is 0.348. The first kappa shape index (κ1) is 23.7. The molecule has 0 saturated carbocycles. The molecule has 1 unspecified atom stereocenters. The molecule has 0 aliphatic carbocycles. The monoisotopic (exact) mass is 453 g/mol. The number of fused-ring (bicyclic) bond motifs is 1. The van der Waals surface area contributed by atoms with Crippen LogP contribution in [0.15, 0.2) is 42.6 Å². The van der Waals surface area contributed by atoms with E-state index in [2.05, 4.69) is 20.8 Å². The lowest BCUT2D eigenvalue weighted by molar-refractivity contribution is -0.140. The zero-order valence-corrected chi connectivity index (χ0v) is 19.1. The lowest BCUT2D eigenvalue weighted by Gasteiger charge is -2.19. The predicted octanol–water partition coefficient (Wildman–Crippen LogP) is 3.58. The summed E-state index contributed by atoms with van der Waals surface area (Å²) in [6.45, 7) is 8.79. The lowest BCUT2D eigenvalue weighted by Crippen LogP contribution is -2.44. The molecule has 10 nitrogen and oxygen atoms in total. The third kappa shape index (κ3) is 5.65. The molecule has 1 aromatic carbocycles. The molecule has 3 aromatic rings. The van der Waals surface area contributed by atoms with Crippen LogP contribution >= 0.6 is 0 Å². The van der Waals surface area contributed by atoms with Gasteiger partial charge in [0.1, 0.15) is 11.6 Å². The van der Waals surface area contributed by atoms with Crippen LogP contribution in [0.1, 0.15) is 45.0 Å². The molecule has 0 saturated heterocycles. The van der Waals surface area contributed by atoms with E-state index in [1.807, 2.05) is 0 Å². The highest BCUT2D eigenvalue weighted by atomic mass is 16.6. The summed E-state index contributed by atoms with van der Waals surface area (Å²) in [5, 5.41) is 22.9. The smallest absolute Gasteiger partial charge is 0.412 e. The molecule has 2 amide bonds. The average Bonchev–Trinajstić information content (AvgIpc) is 3.14. The van der Waals surface area contributed by atoms with E-state index >= 15 is 0 Å². The maximum absolute atomic E-state index is 12.8. The summed E-state index contributed by atoms with van der Waals surface area (Å²) in [4.78, 5) is 36.1. The summed E-state index contributed by atoms with van der Waals surface area (Å²) in [5.74, 6) is -1.44. The molecule has 10 heteroatoms. The van der Waals surface area contributed by atoms with E-state index in [9.17, 15) is 19.5 Å². The predicted molar refractivity (Wildman–Crippen MR) is 122 cm³/mol. The van der Waals surface area contributed by atoms with Gasteiger partial charge in [-0.05, 0) is 63.1 Å². The highest BCUT2D eigenvalue weighted by Gasteiger charge is 2.25. The number of amides is 2. The number of carbonyl (C=O) groups excluding carboxylic acids is 2. The van der Waals surface area contributed by atoms with E-state index in [1.165, 1.54) is 0 Å². The van der Waals surface area contributed by atoms with Gasteiger partial charge in [0.25, 0.3) is 5.91 Å². The maximum Gasteiger partial charge on any atom is 0.412 e. The molecule has 0 radical (unpaired) electrons. The number of pyridine rings is 1. The Morgan fingerprint density at radius 3 is 2.30 bits per heavy atom. The van der Waals surface area contributed by atoms with Crippen LogP contribution in [-0.4, -0.2) is 49.3 Å². The second-order valence-corrected chi connectivity index (χ2v) is 8.88. The molecule has 174 valence electrons. The van der Waals surface area contributed by atoms with E-state index in [1.54, 1.807) is 81.6 Å². The van der Waals surface area contributed by atoms with Gasteiger partial charge in [0.05, 0.1) is 5.56 Å². The number of aromatic nitrogens is 3. The van der Waals surface area contributed by atoms with Gasteiger partial charge in [0, 0.05) is 17.4 Å². The standard InChI is InChI=1S/C23H27N5O5/c1-13(2)17(21(30)31)25-20(29)16-7-6-12-28-18(26-27-19(16)28)14-8-10-15(11-9-14)24-22(32)33-23(3,4)5/h6-13,17H,1-5H3,(H,24,32)(H,25,29)(H,30,31). The molecule has 0 aliphatic heterocycles.